The molecule has 5 nitrogen and oxygen atoms in total. The van der Waals surface area contributed by atoms with Crippen LogP contribution in [0.1, 0.15) is 30.8 Å². The van der Waals surface area contributed by atoms with Gasteiger partial charge in [-0.25, -0.2) is 4.98 Å². The van der Waals surface area contributed by atoms with Crippen molar-refractivity contribution >= 4 is 22.4 Å². The second-order valence-electron chi connectivity index (χ2n) is 4.65. The summed E-state index contributed by atoms with van der Waals surface area (Å²) in [7, 11) is 0. The fourth-order valence-electron chi connectivity index (χ4n) is 2.00. The zero-order valence-corrected chi connectivity index (χ0v) is 11.5. The van der Waals surface area contributed by atoms with Crippen molar-refractivity contribution in [3.63, 3.8) is 0 Å². The molecule has 6 heteroatoms. The van der Waals surface area contributed by atoms with Crippen molar-refractivity contribution in [3.05, 3.63) is 11.1 Å². The molecule has 0 aromatic carbocycles. The maximum Gasteiger partial charge on any atom is 0.273 e. The van der Waals surface area contributed by atoms with Gasteiger partial charge in [-0.05, 0) is 19.3 Å². The van der Waals surface area contributed by atoms with Crippen LogP contribution in [0, 0.1) is 5.92 Å². The maximum absolute atomic E-state index is 12.2. The van der Waals surface area contributed by atoms with Gasteiger partial charge in [0.2, 0.25) is 0 Å². The molecular formula is C12H19N3O2S. The van der Waals surface area contributed by atoms with Crippen molar-refractivity contribution in [3.8, 4) is 0 Å². The van der Waals surface area contributed by atoms with Crippen LogP contribution in [-0.4, -0.2) is 46.6 Å². The van der Waals surface area contributed by atoms with Gasteiger partial charge in [-0.2, -0.15) is 0 Å². The molecule has 1 amide bonds. The average molecular weight is 269 g/mol. The molecule has 2 heterocycles. The molecule has 2 atom stereocenters. The smallest absolute Gasteiger partial charge is 0.273 e. The molecule has 1 fully saturated rings. The first kappa shape index (κ1) is 13.3. The van der Waals surface area contributed by atoms with Gasteiger partial charge < -0.3 is 15.3 Å². The zero-order chi connectivity index (χ0) is 13.1. The zero-order valence-electron chi connectivity index (χ0n) is 10.7. The molecule has 0 radical (unpaired) electrons. The van der Waals surface area contributed by atoms with Gasteiger partial charge in [0.25, 0.3) is 5.91 Å². The number of rotatable bonds is 3. The van der Waals surface area contributed by atoms with E-state index in [2.05, 4.69) is 10.3 Å². The molecule has 0 spiro atoms. The number of aromatic nitrogens is 1. The van der Waals surface area contributed by atoms with Crippen LogP contribution in [0.3, 0.4) is 0 Å². The summed E-state index contributed by atoms with van der Waals surface area (Å²) in [5, 5.41) is 15.4. The summed E-state index contributed by atoms with van der Waals surface area (Å²) in [6.45, 7) is 5.91. The van der Waals surface area contributed by atoms with Crippen molar-refractivity contribution in [2.24, 2.45) is 5.92 Å². The van der Waals surface area contributed by atoms with Gasteiger partial charge in [-0.1, -0.05) is 6.92 Å². The lowest BCUT2D eigenvalue weighted by Gasteiger charge is -2.33. The number of likely N-dealkylation sites (tertiary alicyclic amines) is 1. The van der Waals surface area contributed by atoms with Crippen molar-refractivity contribution < 1.29 is 9.90 Å². The Morgan fingerprint density at radius 3 is 3.17 bits per heavy atom. The Morgan fingerprint density at radius 2 is 2.50 bits per heavy atom. The first-order valence-corrected chi connectivity index (χ1v) is 7.16. The van der Waals surface area contributed by atoms with E-state index >= 15 is 0 Å². The number of β-amino-alcohol motifs (C(OH)–C–C–N with tert-alkyl or cyclic N) is 1. The molecule has 2 unspecified atom stereocenters. The maximum atomic E-state index is 12.2. The average Bonchev–Trinajstić information content (AvgIpc) is 2.81. The van der Waals surface area contributed by atoms with Crippen LogP contribution < -0.4 is 5.32 Å². The molecule has 0 saturated carbocycles. The number of hydrogen-bond donors (Lipinski definition) is 2. The number of amides is 1. The second kappa shape index (κ2) is 5.67. The Kier molecular flexibility index (Phi) is 4.19. The number of piperidine rings is 1. The Labute approximate surface area is 111 Å². The molecule has 18 heavy (non-hydrogen) atoms. The molecule has 1 aliphatic rings. The Bertz CT molecular complexity index is 421. The minimum absolute atomic E-state index is 0.0821. The third-order valence-corrected chi connectivity index (χ3v) is 4.06. The molecule has 2 N–H and O–H groups in total. The number of carbonyl (C=O) groups excluding carboxylic acids is 1. The molecule has 1 aromatic heterocycles. The summed E-state index contributed by atoms with van der Waals surface area (Å²) in [6, 6.07) is 0. The molecule has 2 rings (SSSR count). The first-order valence-electron chi connectivity index (χ1n) is 6.28. The fourth-order valence-corrected chi connectivity index (χ4v) is 2.76. The van der Waals surface area contributed by atoms with Crippen LogP contribution in [0.4, 0.5) is 5.13 Å². The van der Waals surface area contributed by atoms with Gasteiger partial charge >= 0.3 is 0 Å². The fraction of sp³-hybridized carbons (Fsp3) is 0.667. The SMILES string of the molecule is CCNc1nc(C(=O)N2CCC(C)C(O)C2)cs1. The van der Waals surface area contributed by atoms with Crippen LogP contribution in [0.25, 0.3) is 0 Å². The summed E-state index contributed by atoms with van der Waals surface area (Å²) >= 11 is 1.44. The van der Waals surface area contributed by atoms with Crippen molar-refractivity contribution in [1.29, 1.82) is 0 Å². The topological polar surface area (TPSA) is 65.5 Å². The van der Waals surface area contributed by atoms with Gasteiger partial charge in [-0.3, -0.25) is 4.79 Å². The van der Waals surface area contributed by atoms with Crippen molar-refractivity contribution in [2.75, 3.05) is 25.0 Å². The lowest BCUT2D eigenvalue weighted by Crippen LogP contribution is -2.45. The highest BCUT2D eigenvalue weighted by Crippen LogP contribution is 2.21. The molecule has 0 aliphatic carbocycles. The number of aliphatic hydroxyl groups is 1. The number of aliphatic hydroxyl groups excluding tert-OH is 1. The van der Waals surface area contributed by atoms with Gasteiger partial charge in [0.15, 0.2) is 5.13 Å². The first-order chi connectivity index (χ1) is 8.61. The number of nitrogens with zero attached hydrogens (tertiary/aromatic N) is 2. The standard InChI is InChI=1S/C12H19N3O2S/c1-3-13-12-14-9(7-18-12)11(17)15-5-4-8(2)10(16)6-15/h7-8,10,16H,3-6H2,1-2H3,(H,13,14). The summed E-state index contributed by atoms with van der Waals surface area (Å²) in [6.07, 6.45) is 0.423. The predicted octanol–water partition coefficient (Wildman–Crippen LogP) is 1.42. The van der Waals surface area contributed by atoms with Gasteiger partial charge in [0, 0.05) is 25.0 Å². The Hall–Kier alpha value is -1.14. The van der Waals surface area contributed by atoms with E-state index in [1.807, 2.05) is 13.8 Å². The molecule has 1 aromatic rings. The van der Waals surface area contributed by atoms with E-state index in [9.17, 15) is 9.90 Å². The summed E-state index contributed by atoms with van der Waals surface area (Å²) in [5.74, 6) is 0.183. The minimum atomic E-state index is -0.422. The molecule has 1 aliphatic heterocycles. The third-order valence-electron chi connectivity index (χ3n) is 3.26. The van der Waals surface area contributed by atoms with E-state index < -0.39 is 6.10 Å². The van der Waals surface area contributed by atoms with E-state index in [0.717, 1.165) is 18.1 Å². The summed E-state index contributed by atoms with van der Waals surface area (Å²) in [4.78, 5) is 18.1. The van der Waals surface area contributed by atoms with Gasteiger partial charge in [0.05, 0.1) is 6.10 Å². The van der Waals surface area contributed by atoms with E-state index in [1.165, 1.54) is 11.3 Å². The quantitative estimate of drug-likeness (QED) is 0.871. The lowest BCUT2D eigenvalue weighted by molar-refractivity contribution is 0.0246. The van der Waals surface area contributed by atoms with Crippen molar-refractivity contribution in [1.82, 2.24) is 9.88 Å². The Balaban J connectivity index is 2.02. The van der Waals surface area contributed by atoms with Gasteiger partial charge in [0.1, 0.15) is 5.69 Å². The van der Waals surface area contributed by atoms with Crippen LogP contribution in [0.15, 0.2) is 5.38 Å². The largest absolute Gasteiger partial charge is 0.391 e. The highest BCUT2D eigenvalue weighted by molar-refractivity contribution is 7.13. The van der Waals surface area contributed by atoms with Crippen LogP contribution in [0.5, 0.6) is 0 Å². The normalized spacial score (nSPS) is 24.1. The number of hydrogen-bond acceptors (Lipinski definition) is 5. The second-order valence-corrected chi connectivity index (χ2v) is 5.51. The number of carbonyl (C=O) groups is 1. The van der Waals surface area contributed by atoms with Crippen LogP contribution in [-0.2, 0) is 0 Å². The Morgan fingerprint density at radius 1 is 1.72 bits per heavy atom. The van der Waals surface area contributed by atoms with Gasteiger partial charge in [-0.15, -0.1) is 11.3 Å². The van der Waals surface area contributed by atoms with Crippen LogP contribution in [0.2, 0.25) is 0 Å². The molecule has 100 valence electrons. The van der Waals surface area contributed by atoms with E-state index in [-0.39, 0.29) is 11.8 Å². The lowest BCUT2D eigenvalue weighted by atomic mass is 9.96. The number of nitrogens with one attached hydrogen (secondary N) is 1. The monoisotopic (exact) mass is 269 g/mol. The van der Waals surface area contributed by atoms with Crippen molar-refractivity contribution in [2.45, 2.75) is 26.4 Å². The molecule has 1 saturated heterocycles. The van der Waals surface area contributed by atoms with Crippen LogP contribution >= 0.6 is 11.3 Å². The summed E-state index contributed by atoms with van der Waals surface area (Å²) in [5.41, 5.74) is 0.470. The predicted molar refractivity (Wildman–Crippen MR) is 72.0 cm³/mol. The number of thiazole rings is 1. The molecule has 0 bridgehead atoms. The third kappa shape index (κ3) is 2.81. The number of anilines is 1. The highest BCUT2D eigenvalue weighted by Gasteiger charge is 2.28. The van der Waals surface area contributed by atoms with E-state index in [4.69, 9.17) is 0 Å². The van der Waals surface area contributed by atoms with E-state index in [1.54, 1.807) is 10.3 Å². The van der Waals surface area contributed by atoms with E-state index in [0.29, 0.717) is 18.8 Å². The summed E-state index contributed by atoms with van der Waals surface area (Å²) < 4.78 is 0. The highest BCUT2D eigenvalue weighted by atomic mass is 32.1. The molecular weight excluding hydrogens is 250 g/mol. The minimum Gasteiger partial charge on any atom is -0.391 e.